The monoisotopic (exact) mass is 371 g/mol. The average Bonchev–Trinajstić information content (AvgIpc) is 2.99. The smallest absolute Gasteiger partial charge is 0.598 e. The van der Waals surface area contributed by atoms with E-state index in [0.29, 0.717) is 12.4 Å². The van der Waals surface area contributed by atoms with Crippen molar-refractivity contribution in [1.82, 2.24) is 0 Å². The van der Waals surface area contributed by atoms with Gasteiger partial charge in [0.25, 0.3) is 0 Å². The molecule has 1 aliphatic carbocycles. The van der Waals surface area contributed by atoms with Crippen molar-refractivity contribution in [3.63, 3.8) is 0 Å². The van der Waals surface area contributed by atoms with Crippen LogP contribution in [0.2, 0.25) is 0 Å². The lowest BCUT2D eigenvalue weighted by molar-refractivity contribution is -0.846. The van der Waals surface area contributed by atoms with Gasteiger partial charge in [0, 0.05) is 0 Å². The normalized spacial score (nSPS) is 39.7. The van der Waals surface area contributed by atoms with Gasteiger partial charge in [-0.3, -0.25) is 9.59 Å². The van der Waals surface area contributed by atoms with Gasteiger partial charge in [-0.25, -0.2) is 0 Å². The largest absolute Gasteiger partial charge is 0.631 e. The van der Waals surface area contributed by atoms with E-state index < -0.39 is 12.7 Å². The van der Waals surface area contributed by atoms with Gasteiger partial charge in [0.2, 0.25) is 0 Å². The Hall–Kier alpha value is -2.32. The maximum atomic E-state index is 12.3. The van der Waals surface area contributed by atoms with Crippen molar-refractivity contribution in [2.45, 2.75) is 44.0 Å². The molecule has 0 aromatic heterocycles. The summed E-state index contributed by atoms with van der Waals surface area (Å²) in [5.41, 5.74) is 1.10. The summed E-state index contributed by atoms with van der Waals surface area (Å²) in [5, 5.41) is 0. The van der Waals surface area contributed by atoms with Crippen LogP contribution in [0, 0.1) is 0 Å². The predicted octanol–water partition coefficient (Wildman–Crippen LogP) is 1.45. The molecular weight excluding hydrogens is 349 g/mol. The minimum absolute atomic E-state index is 0.0383. The molecule has 4 aliphatic rings. The number of fused-ring (bicyclic) bond motifs is 1. The number of benzene rings is 1. The van der Waals surface area contributed by atoms with Gasteiger partial charge in [-0.2, -0.15) is 0 Å². The molecule has 3 heterocycles. The fraction of sp³-hybridized carbons (Fsp3) is 0.474. The van der Waals surface area contributed by atoms with E-state index >= 15 is 0 Å². The quantitative estimate of drug-likeness (QED) is 0.576. The standard InChI is InChI=1S/C19H22BNO6/c1-13-19(25-13)20-21(10-17(22)26-20,11-18(23)27-20)15-8-5-9-16(15)24-12-14-6-3-2-4-7-14/h2-4,6-7,15-16,19H,1,5,8-12H2/t15-,16-,19-,20?,21?/m1/s1. The van der Waals surface area contributed by atoms with Crippen LogP contribution in [0.3, 0.4) is 0 Å². The summed E-state index contributed by atoms with van der Waals surface area (Å²) in [7, 11) is 0. The average molecular weight is 371 g/mol. The highest BCUT2D eigenvalue weighted by molar-refractivity contribution is 6.69. The van der Waals surface area contributed by atoms with Crippen molar-refractivity contribution in [1.29, 1.82) is 0 Å². The third kappa shape index (κ3) is 2.43. The van der Waals surface area contributed by atoms with Gasteiger partial charge in [-0.1, -0.05) is 36.9 Å². The Kier molecular flexibility index (Phi) is 3.64. The molecule has 8 heteroatoms. The van der Waals surface area contributed by atoms with Crippen LogP contribution in [0.5, 0.6) is 0 Å². The lowest BCUT2D eigenvalue weighted by Crippen LogP contribution is -2.71. The number of epoxide rings is 1. The molecule has 27 heavy (non-hydrogen) atoms. The number of ether oxygens (including phenoxy) is 2. The van der Waals surface area contributed by atoms with Crippen molar-refractivity contribution in [2.24, 2.45) is 0 Å². The highest BCUT2D eigenvalue weighted by atomic mass is 16.7. The summed E-state index contributed by atoms with van der Waals surface area (Å²) in [6.45, 7) is 2.29. The van der Waals surface area contributed by atoms with Crippen LogP contribution in [-0.4, -0.2) is 54.3 Å². The van der Waals surface area contributed by atoms with Crippen molar-refractivity contribution in [3.8, 4) is 0 Å². The van der Waals surface area contributed by atoms with Crippen LogP contribution >= 0.6 is 0 Å². The maximum absolute atomic E-state index is 12.3. The van der Waals surface area contributed by atoms with E-state index in [1.807, 2.05) is 30.3 Å². The summed E-state index contributed by atoms with van der Waals surface area (Å²) in [5.74, 6) is -0.180. The van der Waals surface area contributed by atoms with Gasteiger partial charge in [-0.05, 0) is 24.8 Å². The molecule has 0 radical (unpaired) electrons. The number of hydrogen-bond acceptors (Lipinski definition) is 6. The minimum Gasteiger partial charge on any atom is -0.598 e. The highest BCUT2D eigenvalue weighted by Gasteiger charge is 2.79. The molecule has 4 fully saturated rings. The number of rotatable bonds is 5. The summed E-state index contributed by atoms with van der Waals surface area (Å²) in [4.78, 5) is 24.6. The zero-order valence-corrected chi connectivity index (χ0v) is 15.0. The van der Waals surface area contributed by atoms with Crippen LogP contribution in [0.25, 0.3) is 0 Å². The summed E-state index contributed by atoms with van der Waals surface area (Å²) in [6.07, 6.45) is 2.65. The molecule has 3 atom stereocenters. The molecule has 1 saturated carbocycles. The first-order valence-corrected chi connectivity index (χ1v) is 9.50. The van der Waals surface area contributed by atoms with Crippen molar-refractivity contribution < 1.29 is 32.8 Å². The Labute approximate surface area is 157 Å². The van der Waals surface area contributed by atoms with E-state index in [1.165, 1.54) is 0 Å². The molecule has 142 valence electrons. The van der Waals surface area contributed by atoms with Gasteiger partial charge in [0.1, 0.15) is 25.0 Å². The van der Waals surface area contributed by atoms with Gasteiger partial charge in [-0.15, -0.1) is 0 Å². The molecule has 3 saturated heterocycles. The number of hydrogen-bond donors (Lipinski definition) is 0. The van der Waals surface area contributed by atoms with Crippen LogP contribution in [-0.2, 0) is 35.0 Å². The fourth-order valence-corrected chi connectivity index (χ4v) is 5.29. The molecule has 1 aromatic rings. The number of carbonyl (C=O) groups is 2. The number of quaternary nitrogens is 1. The summed E-state index contributed by atoms with van der Waals surface area (Å²) < 4.78 is 23.2. The SMILES string of the molecule is C=C1O[C@H]1[B-]12OC(=O)C[N+]1([C@@H]1CCC[C@H]1OCc1ccccc1)CC(=O)O2. The Morgan fingerprint density at radius 1 is 1.11 bits per heavy atom. The van der Waals surface area contributed by atoms with E-state index in [2.05, 4.69) is 6.58 Å². The zero-order chi connectivity index (χ0) is 18.6. The molecule has 0 amide bonds. The second-order valence-electron chi connectivity index (χ2n) is 7.97. The van der Waals surface area contributed by atoms with Crippen LogP contribution in [0.1, 0.15) is 24.8 Å². The second-order valence-corrected chi connectivity index (χ2v) is 7.97. The first-order chi connectivity index (χ1) is 13.0. The molecule has 5 rings (SSSR count). The Morgan fingerprint density at radius 3 is 2.41 bits per heavy atom. The zero-order valence-electron chi connectivity index (χ0n) is 15.0. The Bertz CT molecular complexity index is 792. The Morgan fingerprint density at radius 2 is 1.78 bits per heavy atom. The van der Waals surface area contributed by atoms with E-state index in [0.717, 1.165) is 24.8 Å². The van der Waals surface area contributed by atoms with Gasteiger partial charge >= 0.3 is 18.6 Å². The van der Waals surface area contributed by atoms with Gasteiger partial charge in [0.15, 0.2) is 6.00 Å². The first kappa shape index (κ1) is 16.8. The van der Waals surface area contributed by atoms with E-state index in [1.54, 1.807) is 0 Å². The molecule has 0 unspecified atom stereocenters. The van der Waals surface area contributed by atoms with E-state index in [4.69, 9.17) is 18.8 Å². The van der Waals surface area contributed by atoms with E-state index in [-0.39, 0.29) is 41.6 Å². The van der Waals surface area contributed by atoms with Crippen molar-refractivity contribution >= 4 is 18.6 Å². The van der Waals surface area contributed by atoms with Crippen molar-refractivity contribution in [2.75, 3.05) is 13.1 Å². The summed E-state index contributed by atoms with van der Waals surface area (Å²) >= 11 is 0. The van der Waals surface area contributed by atoms with Gasteiger partial charge in [0.05, 0.1) is 12.6 Å². The third-order valence-corrected chi connectivity index (χ3v) is 6.47. The molecule has 3 aliphatic heterocycles. The van der Waals surface area contributed by atoms with Gasteiger partial charge < -0.3 is 23.2 Å². The number of nitrogens with zero attached hydrogens (tertiary/aromatic N) is 1. The predicted molar refractivity (Wildman–Crippen MR) is 94.6 cm³/mol. The van der Waals surface area contributed by atoms with E-state index in [9.17, 15) is 9.59 Å². The third-order valence-electron chi connectivity index (χ3n) is 6.47. The molecule has 0 bridgehead atoms. The van der Waals surface area contributed by atoms with Crippen LogP contribution in [0.4, 0.5) is 0 Å². The molecule has 0 N–H and O–H groups in total. The fourth-order valence-electron chi connectivity index (χ4n) is 5.29. The molecular formula is C19H22BNO6. The second kappa shape index (κ2) is 5.84. The summed E-state index contributed by atoms with van der Waals surface area (Å²) in [6, 6.07) is 9.42. The molecule has 0 spiro atoms. The minimum atomic E-state index is -2.27. The van der Waals surface area contributed by atoms with Crippen LogP contribution in [0.15, 0.2) is 42.7 Å². The highest BCUT2D eigenvalue weighted by Crippen LogP contribution is 2.51. The maximum Gasteiger partial charge on any atom is 0.631 e. The molecule has 1 aromatic carbocycles. The van der Waals surface area contributed by atoms with Crippen LogP contribution < -0.4 is 0 Å². The Balaban J connectivity index is 1.44. The lowest BCUT2D eigenvalue weighted by Gasteiger charge is -2.48. The lowest BCUT2D eigenvalue weighted by atomic mass is 9.62. The molecule has 7 nitrogen and oxygen atoms in total. The van der Waals surface area contributed by atoms with Crippen molar-refractivity contribution in [3.05, 3.63) is 48.2 Å². The first-order valence-electron chi connectivity index (χ1n) is 9.50. The number of carbonyl (C=O) groups excluding carboxylic acids is 2. The topological polar surface area (TPSA) is 74.4 Å².